The lowest BCUT2D eigenvalue weighted by molar-refractivity contribution is -0.110. The Labute approximate surface area is 156 Å². The Morgan fingerprint density at radius 2 is 1.93 bits per heavy atom. The molecule has 2 aromatic rings. The van der Waals surface area contributed by atoms with E-state index in [-0.39, 0.29) is 18.1 Å². The van der Waals surface area contributed by atoms with Crippen molar-refractivity contribution in [1.29, 1.82) is 0 Å². The minimum Gasteiger partial charge on any atom is -0.448 e. The van der Waals surface area contributed by atoms with Crippen molar-refractivity contribution in [3.63, 3.8) is 0 Å². The Morgan fingerprint density at radius 3 is 2.63 bits per heavy atom. The van der Waals surface area contributed by atoms with Crippen LogP contribution in [0.1, 0.15) is 23.7 Å². The Morgan fingerprint density at radius 1 is 1.15 bits per heavy atom. The van der Waals surface area contributed by atoms with Gasteiger partial charge in [0.1, 0.15) is 12.3 Å². The average Bonchev–Trinajstić information content (AvgIpc) is 3.34. The number of carbonyl (C=O) groups excluding carboxylic acids is 2. The molecule has 4 rings (SSSR count). The normalized spacial score (nSPS) is 18.7. The van der Waals surface area contributed by atoms with Crippen molar-refractivity contribution in [2.45, 2.75) is 19.1 Å². The van der Waals surface area contributed by atoms with E-state index in [9.17, 15) is 9.59 Å². The molecule has 1 fully saturated rings. The van der Waals surface area contributed by atoms with Crippen LogP contribution in [0.4, 0.5) is 10.5 Å². The molecule has 0 unspecified atom stereocenters. The number of rotatable bonds is 5. The van der Waals surface area contributed by atoms with E-state index in [1.54, 1.807) is 17.0 Å². The molecule has 7 nitrogen and oxygen atoms in total. The van der Waals surface area contributed by atoms with Gasteiger partial charge < -0.3 is 19.8 Å². The van der Waals surface area contributed by atoms with Crippen molar-refractivity contribution in [2.24, 2.45) is 5.16 Å². The second-order valence-electron chi connectivity index (χ2n) is 6.43. The molecule has 1 N–H and O–H groups in total. The Bertz CT molecular complexity index is 865. The molecular formula is C20H19N3O4. The fraction of sp³-hybridized carbons (Fsp3) is 0.250. The van der Waals surface area contributed by atoms with Crippen LogP contribution in [0.15, 0.2) is 59.8 Å². The average molecular weight is 365 g/mol. The first-order valence-electron chi connectivity index (χ1n) is 8.79. The van der Waals surface area contributed by atoms with Crippen molar-refractivity contribution in [3.05, 3.63) is 65.7 Å². The molecule has 0 radical (unpaired) electrons. The van der Waals surface area contributed by atoms with Crippen LogP contribution in [0, 0.1) is 0 Å². The molecule has 0 aliphatic carbocycles. The van der Waals surface area contributed by atoms with Gasteiger partial charge in [-0.1, -0.05) is 47.6 Å². The van der Waals surface area contributed by atoms with Gasteiger partial charge in [-0.25, -0.2) is 4.79 Å². The quantitative estimate of drug-likeness (QED) is 0.883. The summed E-state index contributed by atoms with van der Waals surface area (Å²) in [5, 5.41) is 6.76. The highest BCUT2D eigenvalue weighted by molar-refractivity contribution is 6.43. The number of hydrogen-bond donors (Lipinski definition) is 1. The number of oxime groups is 1. The van der Waals surface area contributed by atoms with Gasteiger partial charge in [0.25, 0.3) is 5.91 Å². The van der Waals surface area contributed by atoms with Crippen molar-refractivity contribution >= 4 is 23.4 Å². The summed E-state index contributed by atoms with van der Waals surface area (Å²) in [6.07, 6.45) is -0.0838. The van der Waals surface area contributed by atoms with E-state index in [1.165, 1.54) is 0 Å². The van der Waals surface area contributed by atoms with E-state index in [4.69, 9.17) is 9.57 Å². The van der Waals surface area contributed by atoms with Gasteiger partial charge in [-0.2, -0.15) is 0 Å². The van der Waals surface area contributed by atoms with Crippen molar-refractivity contribution in [2.75, 3.05) is 18.5 Å². The number of benzene rings is 2. The summed E-state index contributed by atoms with van der Waals surface area (Å²) in [5.74, 6) is -0.274. The fourth-order valence-corrected chi connectivity index (χ4v) is 3.04. The second kappa shape index (κ2) is 7.49. The predicted molar refractivity (Wildman–Crippen MR) is 99.1 cm³/mol. The first kappa shape index (κ1) is 17.1. The summed E-state index contributed by atoms with van der Waals surface area (Å²) in [7, 11) is 0. The maximum Gasteiger partial charge on any atom is 0.410 e. The first-order chi connectivity index (χ1) is 13.2. The minimum absolute atomic E-state index is 0.227. The van der Waals surface area contributed by atoms with Crippen LogP contribution < -0.4 is 5.32 Å². The van der Waals surface area contributed by atoms with Crippen molar-refractivity contribution in [1.82, 2.24) is 4.90 Å². The third kappa shape index (κ3) is 3.92. The van der Waals surface area contributed by atoms with Gasteiger partial charge in [0, 0.05) is 18.7 Å². The Hall–Kier alpha value is -3.35. The number of nitrogens with zero attached hydrogens (tertiary/aromatic N) is 2. The van der Waals surface area contributed by atoms with E-state index in [0.717, 1.165) is 11.1 Å². The predicted octanol–water partition coefficient (Wildman–Crippen LogP) is 3.09. The Kier molecular flexibility index (Phi) is 4.74. The van der Waals surface area contributed by atoms with E-state index in [2.05, 4.69) is 10.5 Å². The summed E-state index contributed by atoms with van der Waals surface area (Å²) in [4.78, 5) is 30.9. The minimum atomic E-state index is -0.292. The van der Waals surface area contributed by atoms with Crippen LogP contribution in [-0.2, 0) is 20.9 Å². The zero-order chi connectivity index (χ0) is 18.6. The number of carbonyl (C=O) groups is 2. The van der Waals surface area contributed by atoms with Crippen molar-refractivity contribution < 1.29 is 19.2 Å². The molecule has 1 saturated heterocycles. The van der Waals surface area contributed by atoms with E-state index in [0.29, 0.717) is 37.5 Å². The molecule has 2 aromatic carbocycles. The number of nitrogens with one attached hydrogen (secondary N) is 1. The molecular weight excluding hydrogens is 346 g/mol. The smallest absolute Gasteiger partial charge is 0.410 e. The summed E-state index contributed by atoms with van der Waals surface area (Å²) in [6.45, 7) is 1.52. The molecule has 27 heavy (non-hydrogen) atoms. The van der Waals surface area contributed by atoms with Crippen LogP contribution in [0.25, 0.3) is 0 Å². The van der Waals surface area contributed by atoms with Crippen LogP contribution in [0.3, 0.4) is 0 Å². The molecule has 0 bridgehead atoms. The summed E-state index contributed by atoms with van der Waals surface area (Å²) in [6, 6.07) is 17.1. The largest absolute Gasteiger partial charge is 0.448 e. The van der Waals surface area contributed by atoms with Gasteiger partial charge in [-0.3, -0.25) is 4.79 Å². The highest BCUT2D eigenvalue weighted by atomic mass is 16.6. The topological polar surface area (TPSA) is 80.2 Å². The monoisotopic (exact) mass is 365 g/mol. The van der Waals surface area contributed by atoms with E-state index >= 15 is 0 Å². The van der Waals surface area contributed by atoms with Gasteiger partial charge in [0.05, 0.1) is 6.54 Å². The lowest BCUT2D eigenvalue weighted by atomic mass is 10.0. The summed E-state index contributed by atoms with van der Waals surface area (Å²) in [5.41, 5.74) is 3.00. The standard InChI is InChI=1S/C20H19N3O4/c24-19(17-12-18(27-22-17)15-4-2-1-3-5-15)21-16-8-6-14(7-9-16)13-23-10-11-26-20(23)25/h1-9,18H,10-13H2,(H,21,24)/t18-/m0/s1. The van der Waals surface area contributed by atoms with Gasteiger partial charge in [-0.15, -0.1) is 0 Å². The maximum atomic E-state index is 12.4. The van der Waals surface area contributed by atoms with E-state index < -0.39 is 0 Å². The third-order valence-corrected chi connectivity index (χ3v) is 4.53. The highest BCUT2D eigenvalue weighted by Gasteiger charge is 2.27. The van der Waals surface area contributed by atoms with Crippen LogP contribution in [0.2, 0.25) is 0 Å². The number of anilines is 1. The van der Waals surface area contributed by atoms with Crippen LogP contribution in [0.5, 0.6) is 0 Å². The number of hydrogen-bond acceptors (Lipinski definition) is 5. The zero-order valence-electron chi connectivity index (χ0n) is 14.6. The molecule has 2 aliphatic rings. The van der Waals surface area contributed by atoms with Gasteiger partial charge in [0.2, 0.25) is 0 Å². The van der Waals surface area contributed by atoms with Gasteiger partial charge >= 0.3 is 6.09 Å². The molecule has 138 valence electrons. The van der Waals surface area contributed by atoms with Crippen LogP contribution >= 0.6 is 0 Å². The lowest BCUT2D eigenvalue weighted by Gasteiger charge is -2.13. The molecule has 2 amide bonds. The van der Waals surface area contributed by atoms with E-state index in [1.807, 2.05) is 42.5 Å². The second-order valence-corrected chi connectivity index (χ2v) is 6.43. The van der Waals surface area contributed by atoms with Gasteiger partial charge in [0.15, 0.2) is 6.10 Å². The number of cyclic esters (lactones) is 1. The summed E-state index contributed by atoms with van der Waals surface area (Å²) < 4.78 is 4.92. The molecule has 1 atom stereocenters. The SMILES string of the molecule is O=C(Nc1ccc(CN2CCOC2=O)cc1)C1=NO[C@H](c2ccccc2)C1. The first-order valence-corrected chi connectivity index (χ1v) is 8.79. The summed E-state index contributed by atoms with van der Waals surface area (Å²) >= 11 is 0. The number of ether oxygens (including phenoxy) is 1. The molecule has 2 heterocycles. The molecule has 0 aromatic heterocycles. The highest BCUT2D eigenvalue weighted by Crippen LogP contribution is 2.27. The van der Waals surface area contributed by atoms with Crippen LogP contribution in [-0.4, -0.2) is 35.8 Å². The number of amides is 2. The Balaban J connectivity index is 1.32. The molecule has 2 aliphatic heterocycles. The molecule has 0 saturated carbocycles. The third-order valence-electron chi connectivity index (χ3n) is 4.53. The van der Waals surface area contributed by atoms with Gasteiger partial charge in [-0.05, 0) is 23.3 Å². The molecule has 7 heteroatoms. The lowest BCUT2D eigenvalue weighted by Crippen LogP contribution is -2.23. The molecule has 0 spiro atoms. The van der Waals surface area contributed by atoms with Crippen molar-refractivity contribution in [3.8, 4) is 0 Å². The fourth-order valence-electron chi connectivity index (χ4n) is 3.04. The zero-order valence-corrected chi connectivity index (χ0v) is 14.6. The maximum absolute atomic E-state index is 12.4.